The molecule has 0 rings (SSSR count). The van der Waals surface area contributed by atoms with Crippen LogP contribution in [0, 0.1) is 0 Å². The van der Waals surface area contributed by atoms with Crippen LogP contribution < -0.4 is 0 Å². The second-order valence-corrected chi connectivity index (χ2v) is 68.1. The summed E-state index contributed by atoms with van der Waals surface area (Å²) in [6.45, 7) is 31.9. The first-order valence-electron chi connectivity index (χ1n) is 24.3. The van der Waals surface area contributed by atoms with Crippen LogP contribution in [0.1, 0.15) is 276 Å². The van der Waals surface area contributed by atoms with Crippen LogP contribution in [0.4, 0.5) is 0 Å². The summed E-state index contributed by atoms with van der Waals surface area (Å²) >= 11 is -5.78. The molecule has 0 nitrogen and oxygen atoms in total. The van der Waals surface area contributed by atoms with Crippen LogP contribution in [-0.2, 0) is 0 Å². The van der Waals surface area contributed by atoms with Crippen molar-refractivity contribution in [3.05, 3.63) is 0 Å². The Balaban J connectivity index is 7.46. The molecule has 0 spiro atoms. The molecule has 51 heavy (non-hydrogen) atoms. The molecule has 0 aromatic carbocycles. The van der Waals surface area contributed by atoms with E-state index < -0.39 is 34.0 Å². The fourth-order valence-corrected chi connectivity index (χ4v) is 165. The first-order valence-corrected chi connectivity index (χ1v) is 42.0. The van der Waals surface area contributed by atoms with Gasteiger partial charge in [-0.05, 0) is 0 Å². The van der Waals surface area contributed by atoms with E-state index in [0.717, 1.165) is 23.6 Å². The van der Waals surface area contributed by atoms with Crippen LogP contribution in [0.3, 0.4) is 0 Å². The normalized spacial score (nSPS) is 18.1. The van der Waals surface area contributed by atoms with Crippen molar-refractivity contribution in [2.75, 3.05) is 0 Å². The Kier molecular flexibility index (Phi) is 35.3. The molecule has 6 atom stereocenters. The molecule has 0 aromatic rings. The third-order valence-electron chi connectivity index (χ3n) is 13.9. The summed E-state index contributed by atoms with van der Waals surface area (Å²) in [6, 6.07) is 0. The summed E-state index contributed by atoms with van der Waals surface area (Å²) < 4.78 is 6.20. The summed E-state index contributed by atoms with van der Waals surface area (Å²) in [6.07, 6.45) is 47.3. The van der Waals surface area contributed by atoms with Crippen molar-refractivity contribution in [3.63, 3.8) is 0 Å². The maximum atomic E-state index is 3.14. The molecule has 0 bridgehead atoms. The quantitative estimate of drug-likeness (QED) is 0.0439. The number of unbranched alkanes of at least 4 members (excludes halogenated alkanes) is 18. The van der Waals surface area contributed by atoms with Crippen LogP contribution in [0.25, 0.3) is 0 Å². The van der Waals surface area contributed by atoms with E-state index in [9.17, 15) is 0 Å². The Labute approximate surface area is 336 Å². The van der Waals surface area contributed by atoms with Crippen LogP contribution in [0.15, 0.2) is 0 Å². The van der Waals surface area contributed by atoms with Crippen molar-refractivity contribution in [1.29, 1.82) is 0 Å². The van der Waals surface area contributed by atoms with Gasteiger partial charge in [-0.2, -0.15) is 0 Å². The molecular formula is C48H102SSn2. The van der Waals surface area contributed by atoms with Gasteiger partial charge >= 0.3 is 339 Å². The van der Waals surface area contributed by atoms with E-state index in [0.29, 0.717) is 0 Å². The molecule has 0 aliphatic carbocycles. The average Bonchev–Trinajstić information content (AvgIpc) is 3.12. The van der Waals surface area contributed by atoms with Gasteiger partial charge in [-0.15, -0.1) is 0 Å². The van der Waals surface area contributed by atoms with E-state index in [4.69, 9.17) is 0 Å². The Hall–Kier alpha value is 1.95. The van der Waals surface area contributed by atoms with Gasteiger partial charge in [-0.3, -0.25) is 0 Å². The first kappa shape index (κ1) is 52.9. The molecule has 0 saturated carbocycles. The summed E-state index contributed by atoms with van der Waals surface area (Å²) in [7, 11) is 0. The van der Waals surface area contributed by atoms with E-state index in [1.807, 2.05) is 0 Å². The zero-order chi connectivity index (χ0) is 38.4. The minimum absolute atomic E-state index is 1.03. The molecule has 308 valence electrons. The van der Waals surface area contributed by atoms with E-state index >= 15 is 0 Å². The summed E-state index contributed by atoms with van der Waals surface area (Å²) in [5.41, 5.74) is 0. The van der Waals surface area contributed by atoms with Crippen LogP contribution in [-0.4, -0.2) is 34.0 Å². The van der Waals surface area contributed by atoms with Gasteiger partial charge in [0.2, 0.25) is 0 Å². The van der Waals surface area contributed by atoms with Gasteiger partial charge in [0.1, 0.15) is 0 Å². The van der Waals surface area contributed by atoms with Gasteiger partial charge in [-0.1, -0.05) is 0 Å². The third kappa shape index (κ3) is 20.3. The maximum absolute atomic E-state index is 3.14. The van der Waals surface area contributed by atoms with Crippen molar-refractivity contribution in [2.45, 2.75) is 299 Å². The molecule has 3 heteroatoms. The van der Waals surface area contributed by atoms with Gasteiger partial charge < -0.3 is 0 Å². The molecule has 0 aromatic heterocycles. The average molecular weight is 949 g/mol. The van der Waals surface area contributed by atoms with E-state index in [1.165, 1.54) is 154 Å². The SMILES string of the molecule is CCCCCC[CH](C)[Sn]([S][Sn]([CH](C)CCCCCC)([CH](C)CCCCCC)[CH](C)CCCCCC)([CH](C)CCCCCC)[CH](C)CCCCCC. The Bertz CT molecular complexity index is 588. The van der Waals surface area contributed by atoms with Crippen LogP contribution >= 0.6 is 6.13 Å². The molecule has 0 aliphatic heterocycles. The Morgan fingerprint density at radius 3 is 0.549 bits per heavy atom. The molecule has 0 amide bonds. The molecule has 0 heterocycles. The summed E-state index contributed by atoms with van der Waals surface area (Å²) in [5.74, 6) is 0. The van der Waals surface area contributed by atoms with Crippen molar-refractivity contribution < 1.29 is 0 Å². The number of rotatable bonds is 38. The fraction of sp³-hybridized carbons (Fsp3) is 1.00. The zero-order valence-corrected chi connectivity index (χ0v) is 44.6. The van der Waals surface area contributed by atoms with Gasteiger partial charge in [0, 0.05) is 0 Å². The van der Waals surface area contributed by atoms with Crippen LogP contribution in [0.2, 0.25) is 23.6 Å². The van der Waals surface area contributed by atoms with Crippen molar-refractivity contribution in [3.8, 4) is 0 Å². The summed E-state index contributed by atoms with van der Waals surface area (Å²) in [4.78, 5) is 0. The second kappa shape index (κ2) is 34.0. The van der Waals surface area contributed by atoms with E-state index in [2.05, 4.69) is 89.2 Å². The summed E-state index contributed by atoms with van der Waals surface area (Å²) in [5, 5.41) is 0. The monoisotopic (exact) mass is 951 g/mol. The van der Waals surface area contributed by atoms with Crippen molar-refractivity contribution in [2.24, 2.45) is 0 Å². The predicted molar refractivity (Wildman–Crippen MR) is 248 cm³/mol. The standard InChI is InChI=1S/6C8H17.S.2Sn/c6*1-3-5-7-8-6-4-2;;;/h6*3H,4-8H2,1-2H3;;;. The zero-order valence-electron chi connectivity index (χ0n) is 38.1. The third-order valence-corrected chi connectivity index (χ3v) is 109. The molecule has 0 fully saturated rings. The van der Waals surface area contributed by atoms with Crippen LogP contribution in [0.5, 0.6) is 0 Å². The first-order chi connectivity index (χ1) is 24.6. The molecule has 0 aliphatic rings. The molecule has 6 unspecified atom stereocenters. The van der Waals surface area contributed by atoms with E-state index in [1.54, 1.807) is 38.5 Å². The van der Waals surface area contributed by atoms with E-state index in [-0.39, 0.29) is 0 Å². The van der Waals surface area contributed by atoms with Gasteiger partial charge in [0.05, 0.1) is 0 Å². The number of hydrogen-bond acceptors (Lipinski definition) is 1. The van der Waals surface area contributed by atoms with Crippen molar-refractivity contribution >= 4 is 40.1 Å². The Morgan fingerprint density at radius 1 is 0.255 bits per heavy atom. The molecular weight excluding hydrogens is 846 g/mol. The Morgan fingerprint density at radius 2 is 0.412 bits per heavy atom. The predicted octanol–water partition coefficient (Wildman–Crippen LogP) is 19.8. The second-order valence-electron chi connectivity index (χ2n) is 18.3. The fourth-order valence-electron chi connectivity index (χ4n) is 10.4. The topological polar surface area (TPSA) is 0 Å². The van der Waals surface area contributed by atoms with Gasteiger partial charge in [0.15, 0.2) is 0 Å². The molecule has 0 saturated heterocycles. The molecule has 0 radical (unpaired) electrons. The minimum atomic E-state index is -2.89. The van der Waals surface area contributed by atoms with Crippen molar-refractivity contribution in [1.82, 2.24) is 0 Å². The van der Waals surface area contributed by atoms with Gasteiger partial charge in [-0.25, -0.2) is 0 Å². The van der Waals surface area contributed by atoms with Gasteiger partial charge in [0.25, 0.3) is 0 Å². The molecule has 0 N–H and O–H groups in total. The number of hydrogen-bond donors (Lipinski definition) is 0.